The van der Waals surface area contributed by atoms with Gasteiger partial charge in [0.25, 0.3) is 8.32 Å². The first-order valence-electron chi connectivity index (χ1n) is 13.8. The van der Waals surface area contributed by atoms with Crippen molar-refractivity contribution in [3.63, 3.8) is 0 Å². The van der Waals surface area contributed by atoms with Gasteiger partial charge in [-0.05, 0) is 41.1 Å². The first-order valence-corrected chi connectivity index (χ1v) is 15.7. The summed E-state index contributed by atoms with van der Waals surface area (Å²) in [6.45, 7) is 15.0. The summed E-state index contributed by atoms with van der Waals surface area (Å²) in [5.41, 5.74) is 0.0903. The summed E-state index contributed by atoms with van der Waals surface area (Å²) in [7, 11) is -2.87. The van der Waals surface area contributed by atoms with Crippen LogP contribution < -0.4 is 15.1 Å². The molecule has 2 heterocycles. The lowest BCUT2D eigenvalue weighted by Gasteiger charge is -2.48. The van der Waals surface area contributed by atoms with E-state index in [-0.39, 0.29) is 23.2 Å². The molecule has 1 atom stereocenters. The van der Waals surface area contributed by atoms with Crippen LogP contribution in [0.1, 0.15) is 60.7 Å². The van der Waals surface area contributed by atoms with Gasteiger partial charge in [0.2, 0.25) is 0 Å². The van der Waals surface area contributed by atoms with E-state index in [0.717, 1.165) is 10.4 Å². The van der Waals surface area contributed by atoms with Crippen LogP contribution in [0.3, 0.4) is 0 Å². The van der Waals surface area contributed by atoms with Gasteiger partial charge in [-0.3, -0.25) is 4.90 Å². The summed E-state index contributed by atoms with van der Waals surface area (Å²) in [4.78, 5) is 23.2. The number of nitrogens with zero attached hydrogens (tertiary/aromatic N) is 3. The molecule has 40 heavy (non-hydrogen) atoms. The van der Waals surface area contributed by atoms with Crippen LogP contribution in [0.25, 0.3) is 5.70 Å². The normalized spacial score (nSPS) is 17.4. The standard InChI is InChI=1S/C32H41N3O4Si/c1-23(2)39-24-20-33-29(34-21-24)27-18-19-32(6,7)28(35(27)30(36)37)22-38-40(31(3,4)5,25-14-10-8-11-15-25)26-16-12-9-13-17-26/h8-18,20-21,23,28H,19,22H2,1-7H3,(H,36,37). The van der Waals surface area contributed by atoms with Crippen LogP contribution in [0.5, 0.6) is 5.75 Å². The zero-order chi connectivity index (χ0) is 29.1. The Kier molecular flexibility index (Phi) is 8.51. The number of hydrogen-bond acceptors (Lipinski definition) is 5. The molecule has 1 N–H and O–H groups in total. The fourth-order valence-electron chi connectivity index (χ4n) is 5.59. The molecule has 1 aliphatic rings. The van der Waals surface area contributed by atoms with E-state index in [9.17, 15) is 9.90 Å². The van der Waals surface area contributed by atoms with E-state index in [1.54, 1.807) is 12.4 Å². The smallest absolute Gasteiger partial charge is 0.412 e. The molecule has 1 unspecified atom stereocenters. The molecule has 1 aliphatic heterocycles. The highest BCUT2D eigenvalue weighted by Gasteiger charge is 2.52. The van der Waals surface area contributed by atoms with E-state index in [1.165, 1.54) is 4.90 Å². The number of allylic oxidation sites excluding steroid dienone is 1. The summed E-state index contributed by atoms with van der Waals surface area (Å²) < 4.78 is 12.9. The highest BCUT2D eigenvalue weighted by Crippen LogP contribution is 2.42. The van der Waals surface area contributed by atoms with Gasteiger partial charge >= 0.3 is 6.09 Å². The minimum absolute atomic E-state index is 0.0114. The Hall–Kier alpha value is -3.49. The van der Waals surface area contributed by atoms with E-state index in [4.69, 9.17) is 9.16 Å². The van der Waals surface area contributed by atoms with E-state index in [1.807, 2.05) is 56.3 Å². The molecule has 0 saturated heterocycles. The Morgan fingerprint density at radius 2 is 1.55 bits per heavy atom. The number of hydrogen-bond donors (Lipinski definition) is 1. The number of rotatable bonds is 8. The van der Waals surface area contributed by atoms with Crippen molar-refractivity contribution < 1.29 is 19.1 Å². The molecule has 1 aromatic heterocycles. The molecule has 0 spiro atoms. The van der Waals surface area contributed by atoms with Crippen LogP contribution in [0, 0.1) is 5.41 Å². The highest BCUT2D eigenvalue weighted by atomic mass is 28.4. The predicted molar refractivity (Wildman–Crippen MR) is 161 cm³/mol. The van der Waals surface area contributed by atoms with Crippen molar-refractivity contribution in [3.8, 4) is 5.75 Å². The van der Waals surface area contributed by atoms with Crippen molar-refractivity contribution in [2.45, 2.75) is 72.1 Å². The van der Waals surface area contributed by atoms with E-state index in [2.05, 4.69) is 68.9 Å². The van der Waals surface area contributed by atoms with Crippen LogP contribution in [-0.4, -0.2) is 53.1 Å². The molecular formula is C32H41N3O4Si. The predicted octanol–water partition coefficient (Wildman–Crippen LogP) is 5.96. The van der Waals surface area contributed by atoms with Crippen LogP contribution >= 0.6 is 0 Å². The maximum Gasteiger partial charge on any atom is 0.412 e. The zero-order valence-corrected chi connectivity index (χ0v) is 25.6. The first-order chi connectivity index (χ1) is 18.9. The second kappa shape index (κ2) is 11.5. The number of carboxylic acid groups (broad SMARTS) is 1. The van der Waals surface area contributed by atoms with Crippen molar-refractivity contribution in [2.75, 3.05) is 6.61 Å². The Bertz CT molecular complexity index is 1280. The van der Waals surface area contributed by atoms with Gasteiger partial charge in [-0.15, -0.1) is 0 Å². The lowest BCUT2D eigenvalue weighted by molar-refractivity contribution is 0.0682. The van der Waals surface area contributed by atoms with Gasteiger partial charge < -0.3 is 14.3 Å². The lowest BCUT2D eigenvalue weighted by Crippen LogP contribution is -2.68. The van der Waals surface area contributed by atoms with Gasteiger partial charge in [-0.2, -0.15) is 0 Å². The van der Waals surface area contributed by atoms with E-state index < -0.39 is 20.5 Å². The van der Waals surface area contributed by atoms with Gasteiger partial charge in [0.15, 0.2) is 11.6 Å². The fourth-order valence-corrected chi connectivity index (χ4v) is 10.2. The third kappa shape index (κ3) is 5.83. The summed E-state index contributed by atoms with van der Waals surface area (Å²) in [6, 6.07) is 20.3. The molecule has 1 amide bonds. The van der Waals surface area contributed by atoms with Crippen molar-refractivity contribution in [1.82, 2.24) is 14.9 Å². The SMILES string of the molecule is CC(C)Oc1cnc(C2=CCC(C)(C)C(CO[Si](c3ccccc3)(c3ccccc3)C(C)(C)C)N2C(=O)O)nc1. The number of aromatic nitrogens is 2. The monoisotopic (exact) mass is 559 g/mol. The summed E-state index contributed by atoms with van der Waals surface area (Å²) in [5, 5.41) is 12.6. The average Bonchev–Trinajstić information content (AvgIpc) is 2.90. The first kappa shape index (κ1) is 29.5. The minimum atomic E-state index is -2.87. The second-order valence-corrected chi connectivity index (χ2v) is 16.6. The maximum atomic E-state index is 12.9. The Morgan fingerprint density at radius 3 is 2.00 bits per heavy atom. The number of carbonyl (C=O) groups is 1. The van der Waals surface area contributed by atoms with Gasteiger partial charge in [0.05, 0.1) is 36.8 Å². The van der Waals surface area contributed by atoms with Crippen molar-refractivity contribution in [2.24, 2.45) is 5.41 Å². The van der Waals surface area contributed by atoms with Crippen LogP contribution in [0.2, 0.25) is 5.04 Å². The third-order valence-corrected chi connectivity index (χ3v) is 12.6. The summed E-state index contributed by atoms with van der Waals surface area (Å²) in [5.74, 6) is 0.897. The zero-order valence-electron chi connectivity index (χ0n) is 24.6. The van der Waals surface area contributed by atoms with Crippen LogP contribution in [0.4, 0.5) is 4.79 Å². The summed E-state index contributed by atoms with van der Waals surface area (Å²) >= 11 is 0. The Balaban J connectivity index is 1.76. The molecule has 0 aliphatic carbocycles. The molecule has 4 rings (SSSR count). The quantitative estimate of drug-likeness (QED) is 0.343. The molecule has 0 fully saturated rings. The van der Waals surface area contributed by atoms with Gasteiger partial charge in [-0.25, -0.2) is 14.8 Å². The van der Waals surface area contributed by atoms with Crippen molar-refractivity contribution >= 4 is 30.5 Å². The molecule has 2 aromatic carbocycles. The van der Waals surface area contributed by atoms with Crippen LogP contribution in [0.15, 0.2) is 79.1 Å². The molecule has 7 nitrogen and oxygen atoms in total. The van der Waals surface area contributed by atoms with E-state index in [0.29, 0.717) is 23.7 Å². The number of amides is 1. The molecule has 0 radical (unpaired) electrons. The highest BCUT2D eigenvalue weighted by molar-refractivity contribution is 6.99. The van der Waals surface area contributed by atoms with Gasteiger partial charge in [0.1, 0.15) is 0 Å². The van der Waals surface area contributed by atoms with Gasteiger partial charge in [-0.1, -0.05) is 101 Å². The second-order valence-electron chi connectivity index (χ2n) is 12.3. The Labute approximate surface area is 239 Å². The number of ether oxygens (including phenoxy) is 1. The van der Waals surface area contributed by atoms with Crippen molar-refractivity contribution in [1.29, 1.82) is 0 Å². The van der Waals surface area contributed by atoms with Gasteiger partial charge in [0, 0.05) is 0 Å². The molecule has 8 heteroatoms. The number of benzene rings is 2. The fraction of sp³-hybridized carbons (Fsp3) is 0.406. The molecule has 0 saturated carbocycles. The Morgan fingerprint density at radius 1 is 1.02 bits per heavy atom. The molecule has 212 valence electrons. The average molecular weight is 560 g/mol. The topological polar surface area (TPSA) is 84.8 Å². The van der Waals surface area contributed by atoms with Crippen LogP contribution in [-0.2, 0) is 4.43 Å². The molecule has 0 bridgehead atoms. The largest absolute Gasteiger partial charge is 0.488 e. The lowest BCUT2D eigenvalue weighted by atomic mass is 9.77. The molecular weight excluding hydrogens is 518 g/mol. The van der Waals surface area contributed by atoms with Crippen molar-refractivity contribution in [3.05, 3.63) is 85.0 Å². The third-order valence-electron chi connectivity index (χ3n) is 7.60. The maximum absolute atomic E-state index is 12.9. The summed E-state index contributed by atoms with van der Waals surface area (Å²) in [6.07, 6.45) is 4.71. The molecule has 3 aromatic rings. The van der Waals surface area contributed by atoms with E-state index >= 15 is 0 Å². The minimum Gasteiger partial charge on any atom is -0.488 e.